The van der Waals surface area contributed by atoms with Crippen LogP contribution in [0.4, 0.5) is 0 Å². The fraction of sp³-hybridized carbons (Fsp3) is 0.0909. The van der Waals surface area contributed by atoms with Crippen molar-refractivity contribution in [3.05, 3.63) is 80.1 Å². The molecule has 0 spiro atoms. The second kappa shape index (κ2) is 9.52. The summed E-state index contributed by atoms with van der Waals surface area (Å²) in [4.78, 5) is 23.7. The first-order valence-electron chi connectivity index (χ1n) is 8.83. The van der Waals surface area contributed by atoms with Crippen LogP contribution in [0.3, 0.4) is 0 Å². The number of hydrogen-bond donors (Lipinski definition) is 4. The Morgan fingerprint density at radius 1 is 0.710 bits per heavy atom. The third-order valence-corrected chi connectivity index (χ3v) is 4.31. The number of hydrogen-bond acceptors (Lipinski definition) is 8. The van der Waals surface area contributed by atoms with Gasteiger partial charge in [-0.05, 0) is 38.1 Å². The molecule has 0 fully saturated rings. The van der Waals surface area contributed by atoms with Crippen molar-refractivity contribution in [2.75, 3.05) is 0 Å². The Labute approximate surface area is 189 Å². The smallest absolute Gasteiger partial charge is 0.295 e. The normalized spacial score (nSPS) is 10.1. The van der Waals surface area contributed by atoms with Crippen molar-refractivity contribution >= 4 is 33.4 Å². The van der Waals surface area contributed by atoms with Crippen LogP contribution >= 0.6 is 0 Å². The zero-order valence-corrected chi connectivity index (χ0v) is 18.0. The van der Waals surface area contributed by atoms with Crippen LogP contribution in [0.15, 0.2) is 67.0 Å². The predicted molar refractivity (Wildman–Crippen MR) is 113 cm³/mol. The van der Waals surface area contributed by atoms with E-state index in [-0.39, 0.29) is 53.8 Å². The van der Waals surface area contributed by atoms with Crippen molar-refractivity contribution in [3.8, 4) is 11.9 Å². The van der Waals surface area contributed by atoms with Gasteiger partial charge in [0, 0.05) is 31.8 Å². The van der Waals surface area contributed by atoms with Gasteiger partial charge in [0.15, 0.2) is 0 Å². The molecular formula is C22H18N2O6Pd. The van der Waals surface area contributed by atoms with Gasteiger partial charge >= 0.3 is 0 Å². The van der Waals surface area contributed by atoms with Gasteiger partial charge < -0.3 is 29.9 Å². The molecule has 0 unspecified atom stereocenters. The molecule has 0 atom stereocenters. The van der Waals surface area contributed by atoms with Crippen LogP contribution in [0.2, 0.25) is 0 Å². The van der Waals surface area contributed by atoms with E-state index >= 15 is 0 Å². The maximum atomic E-state index is 11.8. The number of benzene rings is 2. The molecule has 0 radical (unpaired) electrons. The predicted octanol–water partition coefficient (Wildman–Crippen LogP) is 3.77. The molecule has 0 saturated carbocycles. The first-order valence-corrected chi connectivity index (χ1v) is 8.83. The van der Waals surface area contributed by atoms with Crippen LogP contribution in [0.25, 0.3) is 21.9 Å². The van der Waals surface area contributed by atoms with Crippen molar-refractivity contribution in [1.82, 2.24) is 0 Å². The van der Waals surface area contributed by atoms with Gasteiger partial charge in [0.05, 0.1) is 10.8 Å². The van der Waals surface area contributed by atoms with Crippen molar-refractivity contribution < 1.29 is 39.5 Å². The first-order chi connectivity index (χ1) is 14.2. The Balaban J connectivity index is 0.000000213. The average molecular weight is 513 g/mol. The summed E-state index contributed by atoms with van der Waals surface area (Å²) >= 11 is 0. The molecule has 0 saturated heterocycles. The molecule has 2 aromatic carbocycles. The van der Waals surface area contributed by atoms with Crippen LogP contribution in [-0.2, 0) is 20.4 Å². The summed E-state index contributed by atoms with van der Waals surface area (Å²) in [5.74, 6) is -0.989. The second-order valence-corrected chi connectivity index (χ2v) is 6.46. The quantitative estimate of drug-likeness (QED) is 0.237. The van der Waals surface area contributed by atoms with Gasteiger partial charge in [-0.3, -0.25) is 9.59 Å². The van der Waals surface area contributed by atoms with Gasteiger partial charge in [0.25, 0.3) is 11.9 Å². The number of nitrogens with one attached hydrogen (secondary N) is 2. The van der Waals surface area contributed by atoms with Gasteiger partial charge in [-0.25, -0.2) is 0 Å². The van der Waals surface area contributed by atoms with E-state index in [0.717, 1.165) is 0 Å². The number of rotatable bonds is 2. The molecule has 162 valence electrons. The molecule has 0 aliphatic heterocycles. The van der Waals surface area contributed by atoms with Crippen molar-refractivity contribution in [2.24, 2.45) is 0 Å². The maximum absolute atomic E-state index is 11.8. The largest absolute Gasteiger partial charge is 0.480 e. The van der Waals surface area contributed by atoms with Crippen LogP contribution in [-0.4, -0.2) is 21.6 Å². The number of para-hydroxylation sites is 2. The summed E-state index contributed by atoms with van der Waals surface area (Å²) in [6.07, 6.45) is 0. The summed E-state index contributed by atoms with van der Waals surface area (Å²) in [6.45, 7) is 2.86. The molecule has 4 rings (SSSR count). The standard InChI is InChI=1S/2C11H9NO3.Pd/c2*1-6(12)9-10(13)7-4-2-3-5-8(7)15-11(9)14;/h2*2-5,12,14H,1H3;. The van der Waals surface area contributed by atoms with E-state index in [1.165, 1.54) is 13.8 Å². The summed E-state index contributed by atoms with van der Waals surface area (Å²) in [5, 5.41) is 34.4. The minimum absolute atomic E-state index is 0. The zero-order chi connectivity index (χ0) is 22.0. The van der Waals surface area contributed by atoms with E-state index in [0.29, 0.717) is 21.9 Å². The molecule has 4 aromatic rings. The average Bonchev–Trinajstić information content (AvgIpc) is 2.68. The van der Waals surface area contributed by atoms with Gasteiger partial charge in [-0.15, -0.1) is 0 Å². The maximum Gasteiger partial charge on any atom is 0.295 e. The molecule has 0 bridgehead atoms. The third-order valence-electron chi connectivity index (χ3n) is 4.31. The van der Waals surface area contributed by atoms with Crippen LogP contribution in [0.1, 0.15) is 25.0 Å². The zero-order valence-electron chi connectivity index (χ0n) is 16.5. The van der Waals surface area contributed by atoms with Gasteiger partial charge in [-0.2, -0.15) is 0 Å². The molecule has 8 nitrogen and oxygen atoms in total. The van der Waals surface area contributed by atoms with Gasteiger partial charge in [0.1, 0.15) is 22.3 Å². The Hall–Kier alpha value is -3.54. The Morgan fingerprint density at radius 3 is 1.35 bits per heavy atom. The van der Waals surface area contributed by atoms with Crippen molar-refractivity contribution in [1.29, 1.82) is 10.8 Å². The minimum Gasteiger partial charge on any atom is -0.480 e. The fourth-order valence-electron chi connectivity index (χ4n) is 2.92. The number of aromatic hydroxyl groups is 2. The van der Waals surface area contributed by atoms with Crippen molar-refractivity contribution in [3.63, 3.8) is 0 Å². The van der Waals surface area contributed by atoms with E-state index in [4.69, 9.17) is 19.7 Å². The topological polar surface area (TPSA) is 149 Å². The second-order valence-electron chi connectivity index (χ2n) is 6.46. The van der Waals surface area contributed by atoms with E-state index in [2.05, 4.69) is 0 Å². The van der Waals surface area contributed by atoms with Crippen LogP contribution in [0.5, 0.6) is 11.9 Å². The summed E-state index contributed by atoms with van der Waals surface area (Å²) in [6, 6.07) is 13.2. The van der Waals surface area contributed by atoms with E-state index < -0.39 is 11.9 Å². The Morgan fingerprint density at radius 2 is 1.03 bits per heavy atom. The summed E-state index contributed by atoms with van der Waals surface area (Å²) < 4.78 is 10.1. The molecule has 0 amide bonds. The molecule has 31 heavy (non-hydrogen) atoms. The van der Waals surface area contributed by atoms with Gasteiger partial charge in [0.2, 0.25) is 10.9 Å². The molecule has 2 aromatic heterocycles. The van der Waals surface area contributed by atoms with Gasteiger partial charge in [-0.1, -0.05) is 24.3 Å². The molecular weight excluding hydrogens is 495 g/mol. The molecule has 0 aliphatic carbocycles. The van der Waals surface area contributed by atoms with Crippen molar-refractivity contribution in [2.45, 2.75) is 13.8 Å². The number of fused-ring (bicyclic) bond motifs is 2. The van der Waals surface area contributed by atoms with Crippen LogP contribution in [0, 0.1) is 10.8 Å². The molecule has 2 heterocycles. The molecule has 4 N–H and O–H groups in total. The fourth-order valence-corrected chi connectivity index (χ4v) is 2.92. The monoisotopic (exact) mass is 512 g/mol. The Kier molecular flexibility index (Phi) is 7.29. The van der Waals surface area contributed by atoms with E-state index in [9.17, 15) is 19.8 Å². The van der Waals surface area contributed by atoms with Crippen LogP contribution < -0.4 is 10.9 Å². The Bertz CT molecular complexity index is 1310. The van der Waals surface area contributed by atoms with E-state index in [1.54, 1.807) is 48.5 Å². The first kappa shape index (κ1) is 23.7. The molecule has 9 heteroatoms. The summed E-state index contributed by atoms with van der Waals surface area (Å²) in [7, 11) is 0. The third kappa shape index (κ3) is 4.63. The SMILES string of the molecule is CC(=N)c1c(O)oc2ccccc2c1=O.CC(=N)c1c(O)oc2ccccc2c1=O.[Pd]. The van der Waals surface area contributed by atoms with E-state index in [1.807, 2.05) is 0 Å². The summed E-state index contributed by atoms with van der Waals surface area (Å²) in [5.41, 5.74) is -0.264. The minimum atomic E-state index is -0.494. The molecule has 0 aliphatic rings.